The fraction of sp³-hybridized carbons (Fsp3) is 0.111. The third-order valence-corrected chi connectivity index (χ3v) is 4.36. The summed E-state index contributed by atoms with van der Waals surface area (Å²) in [7, 11) is 0. The van der Waals surface area contributed by atoms with Crippen LogP contribution in [-0.4, -0.2) is 16.5 Å². The molecular formula is C18H16ClN5. The third-order valence-electron chi connectivity index (χ3n) is 4.11. The van der Waals surface area contributed by atoms with Gasteiger partial charge < -0.3 is 16.0 Å². The van der Waals surface area contributed by atoms with Gasteiger partial charge in [0.15, 0.2) is 11.6 Å². The van der Waals surface area contributed by atoms with Gasteiger partial charge in [-0.05, 0) is 42.3 Å². The lowest BCUT2D eigenvalue weighted by Gasteiger charge is -2.21. The molecule has 3 aromatic rings. The number of rotatable bonds is 3. The summed E-state index contributed by atoms with van der Waals surface area (Å²) in [5, 5.41) is 3.91. The van der Waals surface area contributed by atoms with Crippen molar-refractivity contribution in [2.24, 2.45) is 0 Å². The first kappa shape index (κ1) is 14.8. The lowest BCUT2D eigenvalue weighted by molar-refractivity contribution is 0.967. The largest absolute Gasteiger partial charge is 0.393 e. The van der Waals surface area contributed by atoms with Crippen LogP contribution in [0, 0.1) is 0 Å². The summed E-state index contributed by atoms with van der Waals surface area (Å²) in [6.45, 7) is 0.862. The maximum atomic E-state index is 6.34. The van der Waals surface area contributed by atoms with Gasteiger partial charge in [-0.3, -0.25) is 0 Å². The number of fused-ring (bicyclic) bond motifs is 1. The Balaban J connectivity index is 1.68. The maximum Gasteiger partial charge on any atom is 0.161 e. The normalized spacial score (nSPS) is 13.0. The van der Waals surface area contributed by atoms with E-state index in [-0.39, 0.29) is 0 Å². The molecule has 5 nitrogen and oxygen atoms in total. The highest BCUT2D eigenvalue weighted by Crippen LogP contribution is 2.38. The number of para-hydroxylation sites is 1. The number of hydrogen-bond acceptors (Lipinski definition) is 5. The SMILES string of the molecule is Nc1c(Nc2ccc(Cl)cc2)ncnc1N1CCc2ccccc21. The van der Waals surface area contributed by atoms with Crippen LogP contribution in [-0.2, 0) is 6.42 Å². The fourth-order valence-electron chi connectivity index (χ4n) is 2.93. The van der Waals surface area contributed by atoms with Gasteiger partial charge in [0.1, 0.15) is 12.0 Å². The van der Waals surface area contributed by atoms with Crippen LogP contribution in [0.2, 0.25) is 5.02 Å². The molecule has 0 bridgehead atoms. The van der Waals surface area contributed by atoms with Crippen molar-refractivity contribution in [2.45, 2.75) is 6.42 Å². The number of hydrogen-bond donors (Lipinski definition) is 2. The van der Waals surface area contributed by atoms with Crippen LogP contribution in [0.5, 0.6) is 0 Å². The average Bonchev–Trinajstić information content (AvgIpc) is 3.03. The summed E-state index contributed by atoms with van der Waals surface area (Å²) in [6.07, 6.45) is 2.52. The number of nitrogens with two attached hydrogens (primary N) is 1. The third kappa shape index (κ3) is 2.63. The van der Waals surface area contributed by atoms with Gasteiger partial charge in [0.05, 0.1) is 0 Å². The molecule has 4 rings (SSSR count). The van der Waals surface area contributed by atoms with E-state index in [1.807, 2.05) is 30.3 Å². The number of nitrogens with one attached hydrogen (secondary N) is 1. The first-order valence-electron chi connectivity index (χ1n) is 7.71. The smallest absolute Gasteiger partial charge is 0.161 e. The lowest BCUT2D eigenvalue weighted by Crippen LogP contribution is -2.17. The van der Waals surface area contributed by atoms with Crippen molar-refractivity contribution in [1.29, 1.82) is 0 Å². The predicted octanol–water partition coefficient (Wildman–Crippen LogP) is 4.15. The zero-order valence-corrected chi connectivity index (χ0v) is 13.7. The van der Waals surface area contributed by atoms with E-state index in [0.717, 1.165) is 30.2 Å². The van der Waals surface area contributed by atoms with Crippen molar-refractivity contribution < 1.29 is 0 Å². The number of aromatic nitrogens is 2. The van der Waals surface area contributed by atoms with E-state index in [0.29, 0.717) is 16.5 Å². The fourth-order valence-corrected chi connectivity index (χ4v) is 3.06. The molecule has 0 fully saturated rings. The first-order valence-corrected chi connectivity index (χ1v) is 8.08. The van der Waals surface area contributed by atoms with Crippen molar-refractivity contribution in [3.05, 3.63) is 65.4 Å². The second-order valence-electron chi connectivity index (χ2n) is 5.62. The van der Waals surface area contributed by atoms with Crippen LogP contribution in [0.25, 0.3) is 0 Å². The van der Waals surface area contributed by atoms with E-state index in [4.69, 9.17) is 17.3 Å². The van der Waals surface area contributed by atoms with Crippen LogP contribution in [0.3, 0.4) is 0 Å². The molecule has 0 spiro atoms. The van der Waals surface area contributed by atoms with E-state index in [2.05, 4.69) is 38.4 Å². The second-order valence-corrected chi connectivity index (χ2v) is 6.06. The Kier molecular flexibility index (Phi) is 3.70. The topological polar surface area (TPSA) is 67.1 Å². The molecule has 6 heteroatoms. The molecule has 0 saturated heterocycles. The molecule has 1 aromatic heterocycles. The zero-order valence-electron chi connectivity index (χ0n) is 12.9. The van der Waals surface area contributed by atoms with Gasteiger partial charge >= 0.3 is 0 Å². The zero-order chi connectivity index (χ0) is 16.5. The van der Waals surface area contributed by atoms with Gasteiger partial charge in [-0.2, -0.15) is 0 Å². The standard InChI is InChI=1S/C18H16ClN5/c19-13-5-7-14(8-6-13)23-17-16(20)18(22-11-21-17)24-10-9-12-3-1-2-4-15(12)24/h1-8,11H,9-10,20H2,(H,21,22,23). The Hall–Kier alpha value is -2.79. The van der Waals surface area contributed by atoms with Crippen LogP contribution in [0.4, 0.5) is 28.7 Å². The van der Waals surface area contributed by atoms with Crippen LogP contribution in [0.15, 0.2) is 54.9 Å². The molecule has 1 aliphatic rings. The highest BCUT2D eigenvalue weighted by atomic mass is 35.5. The van der Waals surface area contributed by atoms with Gasteiger partial charge in [-0.25, -0.2) is 9.97 Å². The number of anilines is 5. The van der Waals surface area contributed by atoms with E-state index in [1.54, 1.807) is 0 Å². The molecular weight excluding hydrogens is 322 g/mol. The van der Waals surface area contributed by atoms with Crippen molar-refractivity contribution in [3.8, 4) is 0 Å². The van der Waals surface area contributed by atoms with Gasteiger partial charge in [0, 0.05) is 22.9 Å². The Bertz CT molecular complexity index is 879. The Morgan fingerprint density at radius 1 is 1.04 bits per heavy atom. The summed E-state index contributed by atoms with van der Waals surface area (Å²) in [5.41, 5.74) is 10.2. The average molecular weight is 338 g/mol. The summed E-state index contributed by atoms with van der Waals surface area (Å²) in [6, 6.07) is 15.7. The first-order chi connectivity index (χ1) is 11.7. The second kappa shape index (κ2) is 6.02. The Morgan fingerprint density at radius 2 is 1.83 bits per heavy atom. The Morgan fingerprint density at radius 3 is 2.67 bits per heavy atom. The molecule has 1 aliphatic heterocycles. The molecule has 2 aromatic carbocycles. The van der Waals surface area contributed by atoms with E-state index in [1.165, 1.54) is 11.9 Å². The minimum Gasteiger partial charge on any atom is -0.393 e. The summed E-state index contributed by atoms with van der Waals surface area (Å²) in [5.74, 6) is 1.32. The summed E-state index contributed by atoms with van der Waals surface area (Å²) in [4.78, 5) is 10.8. The number of benzene rings is 2. The molecule has 0 amide bonds. The molecule has 0 unspecified atom stereocenters. The lowest BCUT2D eigenvalue weighted by atomic mass is 10.2. The predicted molar refractivity (Wildman–Crippen MR) is 98.3 cm³/mol. The van der Waals surface area contributed by atoms with Crippen molar-refractivity contribution in [3.63, 3.8) is 0 Å². The monoisotopic (exact) mass is 337 g/mol. The van der Waals surface area contributed by atoms with Gasteiger partial charge in [0.2, 0.25) is 0 Å². The number of nitrogens with zero attached hydrogens (tertiary/aromatic N) is 3. The van der Waals surface area contributed by atoms with Crippen molar-refractivity contribution in [1.82, 2.24) is 9.97 Å². The van der Waals surface area contributed by atoms with Crippen LogP contribution in [0.1, 0.15) is 5.56 Å². The molecule has 0 radical (unpaired) electrons. The summed E-state index contributed by atoms with van der Waals surface area (Å²) >= 11 is 5.92. The van der Waals surface area contributed by atoms with Gasteiger partial charge in [-0.1, -0.05) is 29.8 Å². The molecule has 24 heavy (non-hydrogen) atoms. The van der Waals surface area contributed by atoms with E-state index in [9.17, 15) is 0 Å². The Labute approximate surface area is 145 Å². The quantitative estimate of drug-likeness (QED) is 0.751. The molecule has 0 aliphatic carbocycles. The molecule has 0 atom stereocenters. The van der Waals surface area contributed by atoms with Crippen molar-refractivity contribution >= 4 is 40.3 Å². The van der Waals surface area contributed by atoms with Crippen LogP contribution >= 0.6 is 11.6 Å². The molecule has 120 valence electrons. The van der Waals surface area contributed by atoms with Crippen molar-refractivity contribution in [2.75, 3.05) is 22.5 Å². The molecule has 2 heterocycles. The van der Waals surface area contributed by atoms with E-state index < -0.39 is 0 Å². The highest BCUT2D eigenvalue weighted by molar-refractivity contribution is 6.30. The van der Waals surface area contributed by atoms with E-state index >= 15 is 0 Å². The van der Waals surface area contributed by atoms with Crippen LogP contribution < -0.4 is 16.0 Å². The summed E-state index contributed by atoms with van der Waals surface area (Å²) < 4.78 is 0. The maximum absolute atomic E-state index is 6.34. The minimum absolute atomic E-state index is 0.532. The van der Waals surface area contributed by atoms with Gasteiger partial charge in [0.25, 0.3) is 0 Å². The highest BCUT2D eigenvalue weighted by Gasteiger charge is 2.23. The minimum atomic E-state index is 0.532. The number of nitrogen functional groups attached to an aromatic ring is 1. The molecule has 0 saturated carbocycles. The van der Waals surface area contributed by atoms with Gasteiger partial charge in [-0.15, -0.1) is 0 Å². The molecule has 3 N–H and O–H groups in total. The number of halogens is 1.